The molecule has 0 aliphatic rings. The van der Waals surface area contributed by atoms with Crippen molar-refractivity contribution in [2.45, 2.75) is 17.2 Å². The van der Waals surface area contributed by atoms with Crippen molar-refractivity contribution in [3.8, 4) is 5.75 Å². The molecule has 26 heavy (non-hydrogen) atoms. The SMILES string of the molecule is COc1cccc(S(=O)(=O)Cc2ccc(CNc3ncccn3)cc2)c1. The molecule has 1 N–H and O–H groups in total. The van der Waals surface area contributed by atoms with Crippen LogP contribution in [0, 0.1) is 0 Å². The first-order valence-corrected chi connectivity index (χ1v) is 9.67. The number of nitrogens with one attached hydrogen (secondary N) is 1. The van der Waals surface area contributed by atoms with Gasteiger partial charge in [0.2, 0.25) is 5.95 Å². The molecular formula is C19H19N3O3S. The Morgan fingerprint density at radius 2 is 1.65 bits per heavy atom. The molecule has 0 atom stereocenters. The van der Waals surface area contributed by atoms with Gasteiger partial charge < -0.3 is 10.1 Å². The van der Waals surface area contributed by atoms with Crippen molar-refractivity contribution in [1.82, 2.24) is 9.97 Å². The molecule has 1 heterocycles. The number of anilines is 1. The van der Waals surface area contributed by atoms with Gasteiger partial charge in [-0.15, -0.1) is 0 Å². The monoisotopic (exact) mass is 369 g/mol. The topological polar surface area (TPSA) is 81.2 Å². The summed E-state index contributed by atoms with van der Waals surface area (Å²) in [6.07, 6.45) is 3.34. The number of sulfone groups is 1. The van der Waals surface area contributed by atoms with Crippen molar-refractivity contribution in [1.29, 1.82) is 0 Å². The number of methoxy groups -OCH3 is 1. The number of hydrogen-bond donors (Lipinski definition) is 1. The Hall–Kier alpha value is -2.93. The Morgan fingerprint density at radius 3 is 2.35 bits per heavy atom. The van der Waals surface area contributed by atoms with E-state index in [-0.39, 0.29) is 10.6 Å². The third-order valence-corrected chi connectivity index (χ3v) is 5.48. The van der Waals surface area contributed by atoms with Gasteiger partial charge in [0.05, 0.1) is 17.8 Å². The second-order valence-corrected chi connectivity index (χ2v) is 7.67. The van der Waals surface area contributed by atoms with Crippen molar-refractivity contribution >= 4 is 15.8 Å². The lowest BCUT2D eigenvalue weighted by Gasteiger charge is -2.08. The van der Waals surface area contributed by atoms with E-state index in [4.69, 9.17) is 4.74 Å². The predicted octanol–water partition coefficient (Wildman–Crippen LogP) is 3.07. The first-order chi connectivity index (χ1) is 12.6. The molecular weight excluding hydrogens is 350 g/mol. The van der Waals surface area contributed by atoms with Gasteiger partial charge in [0.1, 0.15) is 5.75 Å². The van der Waals surface area contributed by atoms with E-state index in [1.165, 1.54) is 13.2 Å². The molecule has 0 amide bonds. The van der Waals surface area contributed by atoms with Gasteiger partial charge in [-0.25, -0.2) is 18.4 Å². The van der Waals surface area contributed by atoms with E-state index in [0.29, 0.717) is 18.2 Å². The van der Waals surface area contributed by atoms with Crippen LogP contribution >= 0.6 is 0 Å². The minimum atomic E-state index is -3.43. The highest BCUT2D eigenvalue weighted by molar-refractivity contribution is 7.90. The molecule has 3 rings (SSSR count). The normalized spacial score (nSPS) is 11.1. The fraction of sp³-hybridized carbons (Fsp3) is 0.158. The number of rotatable bonds is 7. The smallest absolute Gasteiger partial charge is 0.222 e. The lowest BCUT2D eigenvalue weighted by Crippen LogP contribution is -2.06. The molecule has 0 saturated carbocycles. The molecule has 1 aromatic heterocycles. The van der Waals surface area contributed by atoms with Crippen molar-refractivity contribution < 1.29 is 13.2 Å². The molecule has 6 nitrogen and oxygen atoms in total. The number of nitrogens with zero attached hydrogens (tertiary/aromatic N) is 2. The van der Waals surface area contributed by atoms with E-state index in [0.717, 1.165) is 11.1 Å². The largest absolute Gasteiger partial charge is 0.497 e. The maximum absolute atomic E-state index is 12.6. The van der Waals surface area contributed by atoms with Gasteiger partial charge in [0, 0.05) is 18.9 Å². The number of hydrogen-bond acceptors (Lipinski definition) is 6. The minimum absolute atomic E-state index is 0.0598. The van der Waals surface area contributed by atoms with Crippen LogP contribution in [-0.2, 0) is 22.1 Å². The van der Waals surface area contributed by atoms with Gasteiger partial charge in [-0.05, 0) is 35.4 Å². The summed E-state index contributed by atoms with van der Waals surface area (Å²) in [6.45, 7) is 0.562. The van der Waals surface area contributed by atoms with Crippen LogP contribution in [0.5, 0.6) is 5.75 Å². The summed E-state index contributed by atoms with van der Waals surface area (Å²) in [5.41, 5.74) is 1.74. The zero-order valence-electron chi connectivity index (χ0n) is 14.3. The van der Waals surface area contributed by atoms with Gasteiger partial charge in [-0.2, -0.15) is 0 Å². The van der Waals surface area contributed by atoms with Gasteiger partial charge >= 0.3 is 0 Å². The van der Waals surface area contributed by atoms with Crippen LogP contribution in [0.2, 0.25) is 0 Å². The Bertz CT molecular complexity index is 959. The van der Waals surface area contributed by atoms with E-state index in [2.05, 4.69) is 15.3 Å². The fourth-order valence-corrected chi connectivity index (χ4v) is 3.80. The van der Waals surface area contributed by atoms with E-state index in [9.17, 15) is 8.42 Å². The van der Waals surface area contributed by atoms with Crippen molar-refractivity contribution in [2.75, 3.05) is 12.4 Å². The fourth-order valence-electron chi connectivity index (χ4n) is 2.42. The standard InChI is InChI=1S/C19H19N3O3S/c1-25-17-4-2-5-18(12-17)26(23,24)14-16-8-6-15(7-9-16)13-22-19-20-10-3-11-21-19/h2-12H,13-14H2,1H3,(H,20,21,22). The second-order valence-electron chi connectivity index (χ2n) is 5.68. The van der Waals surface area contributed by atoms with E-state index < -0.39 is 9.84 Å². The van der Waals surface area contributed by atoms with Crippen molar-refractivity contribution in [3.05, 3.63) is 78.1 Å². The van der Waals surface area contributed by atoms with Crippen LogP contribution in [0.1, 0.15) is 11.1 Å². The molecule has 0 aliphatic carbocycles. The Balaban J connectivity index is 1.66. The van der Waals surface area contributed by atoms with Gasteiger partial charge in [-0.3, -0.25) is 0 Å². The first-order valence-electron chi connectivity index (χ1n) is 8.02. The first kappa shape index (κ1) is 17.9. The molecule has 7 heteroatoms. The van der Waals surface area contributed by atoms with Crippen LogP contribution in [0.3, 0.4) is 0 Å². The van der Waals surface area contributed by atoms with Gasteiger partial charge in [0.15, 0.2) is 9.84 Å². The van der Waals surface area contributed by atoms with E-state index in [1.54, 1.807) is 36.7 Å². The highest BCUT2D eigenvalue weighted by Crippen LogP contribution is 2.21. The molecule has 0 unspecified atom stereocenters. The average Bonchev–Trinajstić information content (AvgIpc) is 2.68. The average molecular weight is 369 g/mol. The minimum Gasteiger partial charge on any atom is -0.497 e. The molecule has 3 aromatic rings. The molecule has 0 spiro atoms. The molecule has 2 aromatic carbocycles. The zero-order chi connectivity index (χ0) is 18.4. The van der Waals surface area contributed by atoms with Crippen LogP contribution < -0.4 is 10.1 Å². The molecule has 0 aliphatic heterocycles. The number of benzene rings is 2. The summed E-state index contributed by atoms with van der Waals surface area (Å²) >= 11 is 0. The quantitative estimate of drug-likeness (QED) is 0.689. The maximum atomic E-state index is 12.6. The second kappa shape index (κ2) is 7.97. The lowest BCUT2D eigenvalue weighted by molar-refractivity contribution is 0.413. The summed E-state index contributed by atoms with van der Waals surface area (Å²) in [7, 11) is -1.92. The summed E-state index contributed by atoms with van der Waals surface area (Å²) < 4.78 is 30.3. The maximum Gasteiger partial charge on any atom is 0.222 e. The van der Waals surface area contributed by atoms with Crippen molar-refractivity contribution in [2.24, 2.45) is 0 Å². The van der Waals surface area contributed by atoms with Crippen LogP contribution in [-0.4, -0.2) is 25.5 Å². The van der Waals surface area contributed by atoms with Crippen molar-refractivity contribution in [3.63, 3.8) is 0 Å². The van der Waals surface area contributed by atoms with Gasteiger partial charge in [-0.1, -0.05) is 30.3 Å². The Morgan fingerprint density at radius 1 is 0.962 bits per heavy atom. The highest BCUT2D eigenvalue weighted by atomic mass is 32.2. The third kappa shape index (κ3) is 4.58. The molecule has 0 bridgehead atoms. The number of ether oxygens (including phenoxy) is 1. The predicted molar refractivity (Wildman–Crippen MR) is 99.7 cm³/mol. The van der Waals surface area contributed by atoms with Crippen LogP contribution in [0.25, 0.3) is 0 Å². The Kier molecular flexibility index (Phi) is 5.48. The molecule has 0 saturated heterocycles. The summed E-state index contributed by atoms with van der Waals surface area (Å²) in [6, 6.07) is 15.7. The summed E-state index contributed by atoms with van der Waals surface area (Å²) in [4.78, 5) is 8.45. The third-order valence-electron chi connectivity index (χ3n) is 3.80. The van der Waals surface area contributed by atoms with Crippen LogP contribution in [0.15, 0.2) is 71.9 Å². The van der Waals surface area contributed by atoms with E-state index in [1.807, 2.05) is 24.3 Å². The molecule has 0 fully saturated rings. The molecule has 134 valence electrons. The summed E-state index contributed by atoms with van der Waals surface area (Å²) in [5.74, 6) is 1.02. The summed E-state index contributed by atoms with van der Waals surface area (Å²) in [5, 5.41) is 3.11. The van der Waals surface area contributed by atoms with Crippen LogP contribution in [0.4, 0.5) is 5.95 Å². The number of aromatic nitrogens is 2. The molecule has 0 radical (unpaired) electrons. The Labute approximate surface area is 152 Å². The zero-order valence-corrected chi connectivity index (χ0v) is 15.1. The van der Waals surface area contributed by atoms with Gasteiger partial charge in [0.25, 0.3) is 0 Å². The lowest BCUT2D eigenvalue weighted by atomic mass is 10.1. The van der Waals surface area contributed by atoms with E-state index >= 15 is 0 Å². The highest BCUT2D eigenvalue weighted by Gasteiger charge is 2.16.